The van der Waals surface area contributed by atoms with E-state index >= 15 is 0 Å². The summed E-state index contributed by atoms with van der Waals surface area (Å²) in [6.45, 7) is 5.23. The Morgan fingerprint density at radius 3 is 2.67 bits per heavy atom. The van der Waals surface area contributed by atoms with Crippen LogP contribution in [0.1, 0.15) is 28.3 Å². The predicted molar refractivity (Wildman–Crippen MR) is 69.6 cm³/mol. The first-order chi connectivity index (χ1) is 8.66. The molecule has 2 rings (SSSR count). The Morgan fingerprint density at radius 2 is 2.06 bits per heavy atom. The lowest BCUT2D eigenvalue weighted by atomic mass is 10.2. The zero-order valence-electron chi connectivity index (χ0n) is 10.8. The van der Waals surface area contributed by atoms with Crippen LogP contribution in [0.5, 0.6) is 0 Å². The van der Waals surface area contributed by atoms with E-state index in [1.54, 1.807) is 6.07 Å². The lowest BCUT2D eigenvalue weighted by molar-refractivity contribution is 0.0951. The minimum atomic E-state index is -0.0585. The number of aryl methyl sites for hydroxylation is 3. The van der Waals surface area contributed by atoms with Crippen molar-refractivity contribution < 1.29 is 9.21 Å². The maximum atomic E-state index is 11.9. The zero-order valence-corrected chi connectivity index (χ0v) is 10.8. The van der Waals surface area contributed by atoms with E-state index in [1.165, 1.54) is 0 Å². The summed E-state index contributed by atoms with van der Waals surface area (Å²) < 4.78 is 7.43. The van der Waals surface area contributed by atoms with E-state index in [0.717, 1.165) is 18.7 Å². The molecule has 2 heterocycles. The molecule has 4 nitrogen and oxygen atoms in total. The zero-order chi connectivity index (χ0) is 13.0. The number of rotatable bonds is 5. The Morgan fingerprint density at radius 1 is 1.33 bits per heavy atom. The molecule has 4 heteroatoms. The fraction of sp³-hybridized carbons (Fsp3) is 0.357. The van der Waals surface area contributed by atoms with Crippen molar-refractivity contribution in [2.24, 2.45) is 0 Å². The SMILES string of the molecule is Cc1cc(C(=O)NCCCn2cccc2)c(C)o1. The quantitative estimate of drug-likeness (QED) is 0.824. The molecule has 96 valence electrons. The van der Waals surface area contributed by atoms with E-state index in [1.807, 2.05) is 38.4 Å². The molecule has 0 aliphatic heterocycles. The van der Waals surface area contributed by atoms with Gasteiger partial charge in [0.25, 0.3) is 5.91 Å². The molecule has 0 aliphatic carbocycles. The van der Waals surface area contributed by atoms with Crippen LogP contribution in [-0.2, 0) is 6.54 Å². The number of nitrogens with one attached hydrogen (secondary N) is 1. The van der Waals surface area contributed by atoms with Crippen molar-refractivity contribution in [1.82, 2.24) is 9.88 Å². The van der Waals surface area contributed by atoms with Gasteiger partial charge in [0, 0.05) is 25.5 Å². The Balaban J connectivity index is 1.77. The first kappa shape index (κ1) is 12.5. The molecule has 0 aliphatic rings. The largest absolute Gasteiger partial charge is 0.466 e. The molecular weight excluding hydrogens is 228 g/mol. The van der Waals surface area contributed by atoms with E-state index in [-0.39, 0.29) is 5.91 Å². The summed E-state index contributed by atoms with van der Waals surface area (Å²) in [6.07, 6.45) is 4.95. The molecule has 0 saturated carbocycles. The minimum Gasteiger partial charge on any atom is -0.466 e. The normalized spacial score (nSPS) is 10.6. The third-order valence-corrected chi connectivity index (χ3v) is 2.83. The summed E-state index contributed by atoms with van der Waals surface area (Å²) in [5.41, 5.74) is 0.633. The number of hydrogen-bond donors (Lipinski definition) is 1. The first-order valence-electron chi connectivity index (χ1n) is 6.13. The van der Waals surface area contributed by atoms with Gasteiger partial charge >= 0.3 is 0 Å². The van der Waals surface area contributed by atoms with Crippen molar-refractivity contribution >= 4 is 5.91 Å². The lowest BCUT2D eigenvalue weighted by Crippen LogP contribution is -2.25. The Kier molecular flexibility index (Phi) is 3.87. The van der Waals surface area contributed by atoms with Crippen molar-refractivity contribution in [3.63, 3.8) is 0 Å². The van der Waals surface area contributed by atoms with Gasteiger partial charge in [0.2, 0.25) is 0 Å². The van der Waals surface area contributed by atoms with Gasteiger partial charge in [-0.05, 0) is 38.5 Å². The summed E-state index contributed by atoms with van der Waals surface area (Å²) in [5.74, 6) is 1.39. The van der Waals surface area contributed by atoms with Gasteiger partial charge in [0.1, 0.15) is 11.5 Å². The van der Waals surface area contributed by atoms with Crippen LogP contribution in [0.3, 0.4) is 0 Å². The van der Waals surface area contributed by atoms with Crippen LogP contribution in [0.4, 0.5) is 0 Å². The number of amides is 1. The molecular formula is C14H18N2O2. The van der Waals surface area contributed by atoms with Crippen LogP contribution < -0.4 is 5.32 Å². The number of hydrogen-bond acceptors (Lipinski definition) is 2. The summed E-state index contributed by atoms with van der Waals surface area (Å²) in [6, 6.07) is 5.77. The maximum Gasteiger partial charge on any atom is 0.254 e. The van der Waals surface area contributed by atoms with Crippen LogP contribution in [0.25, 0.3) is 0 Å². The van der Waals surface area contributed by atoms with Crippen molar-refractivity contribution in [3.05, 3.63) is 47.7 Å². The van der Waals surface area contributed by atoms with Crippen molar-refractivity contribution in [2.45, 2.75) is 26.8 Å². The third kappa shape index (κ3) is 3.03. The molecule has 1 N–H and O–H groups in total. The van der Waals surface area contributed by atoms with Gasteiger partial charge in [-0.3, -0.25) is 4.79 Å². The molecule has 1 amide bonds. The molecule has 0 saturated heterocycles. The second-order valence-electron chi connectivity index (χ2n) is 4.36. The Hall–Kier alpha value is -1.97. The van der Waals surface area contributed by atoms with Gasteiger partial charge in [-0.2, -0.15) is 0 Å². The summed E-state index contributed by atoms with van der Waals surface area (Å²) in [4.78, 5) is 11.9. The van der Waals surface area contributed by atoms with E-state index in [4.69, 9.17) is 4.42 Å². The highest BCUT2D eigenvalue weighted by Gasteiger charge is 2.12. The number of nitrogens with zero attached hydrogens (tertiary/aromatic N) is 1. The Bertz CT molecular complexity index is 512. The second kappa shape index (κ2) is 5.58. The van der Waals surface area contributed by atoms with Gasteiger partial charge in [0.05, 0.1) is 5.56 Å². The number of furan rings is 1. The lowest BCUT2D eigenvalue weighted by Gasteiger charge is -2.05. The topological polar surface area (TPSA) is 47.2 Å². The summed E-state index contributed by atoms with van der Waals surface area (Å²) in [5, 5.41) is 2.90. The smallest absolute Gasteiger partial charge is 0.254 e. The highest BCUT2D eigenvalue weighted by atomic mass is 16.3. The molecule has 0 radical (unpaired) electrons. The fourth-order valence-corrected chi connectivity index (χ4v) is 1.93. The molecule has 0 bridgehead atoms. The number of carbonyl (C=O) groups is 1. The molecule has 0 fully saturated rings. The van der Waals surface area contributed by atoms with E-state index < -0.39 is 0 Å². The standard InChI is InChI=1S/C14H18N2O2/c1-11-10-13(12(2)18-11)14(17)15-6-5-9-16-7-3-4-8-16/h3-4,7-8,10H,5-6,9H2,1-2H3,(H,15,17). The molecule has 2 aromatic heterocycles. The van der Waals surface area contributed by atoms with Crippen LogP contribution >= 0.6 is 0 Å². The molecule has 18 heavy (non-hydrogen) atoms. The van der Waals surface area contributed by atoms with Gasteiger partial charge in [-0.25, -0.2) is 0 Å². The minimum absolute atomic E-state index is 0.0585. The van der Waals surface area contributed by atoms with Gasteiger partial charge < -0.3 is 14.3 Å². The second-order valence-corrected chi connectivity index (χ2v) is 4.36. The molecule has 0 aromatic carbocycles. The van der Waals surface area contributed by atoms with E-state index in [2.05, 4.69) is 9.88 Å². The van der Waals surface area contributed by atoms with Gasteiger partial charge in [-0.15, -0.1) is 0 Å². The van der Waals surface area contributed by atoms with Crippen LogP contribution in [-0.4, -0.2) is 17.0 Å². The average Bonchev–Trinajstić information content (AvgIpc) is 2.94. The monoisotopic (exact) mass is 246 g/mol. The number of carbonyl (C=O) groups excluding carboxylic acids is 1. The van der Waals surface area contributed by atoms with Gasteiger partial charge in [0.15, 0.2) is 0 Å². The van der Waals surface area contributed by atoms with E-state index in [0.29, 0.717) is 17.9 Å². The average molecular weight is 246 g/mol. The predicted octanol–water partition coefficient (Wildman–Crippen LogP) is 2.52. The van der Waals surface area contributed by atoms with Crippen LogP contribution in [0.15, 0.2) is 35.0 Å². The van der Waals surface area contributed by atoms with Crippen molar-refractivity contribution in [3.8, 4) is 0 Å². The maximum absolute atomic E-state index is 11.9. The molecule has 0 spiro atoms. The van der Waals surface area contributed by atoms with Gasteiger partial charge in [-0.1, -0.05) is 0 Å². The first-order valence-corrected chi connectivity index (χ1v) is 6.13. The van der Waals surface area contributed by atoms with Crippen molar-refractivity contribution in [2.75, 3.05) is 6.54 Å². The summed E-state index contributed by atoms with van der Waals surface area (Å²) >= 11 is 0. The highest BCUT2D eigenvalue weighted by Crippen LogP contribution is 2.13. The van der Waals surface area contributed by atoms with Crippen LogP contribution in [0, 0.1) is 13.8 Å². The molecule has 2 aromatic rings. The Labute approximate surface area is 107 Å². The third-order valence-electron chi connectivity index (χ3n) is 2.83. The summed E-state index contributed by atoms with van der Waals surface area (Å²) in [7, 11) is 0. The van der Waals surface area contributed by atoms with Crippen LogP contribution in [0.2, 0.25) is 0 Å². The highest BCUT2D eigenvalue weighted by molar-refractivity contribution is 5.95. The number of aromatic nitrogens is 1. The van der Waals surface area contributed by atoms with E-state index in [9.17, 15) is 4.79 Å². The molecule has 0 unspecified atom stereocenters. The molecule has 0 atom stereocenters. The fourth-order valence-electron chi connectivity index (χ4n) is 1.93. The van der Waals surface area contributed by atoms with Crippen molar-refractivity contribution in [1.29, 1.82) is 0 Å².